The molecule has 22 heavy (non-hydrogen) atoms. The molecule has 2 aromatic rings. The highest BCUT2D eigenvalue weighted by molar-refractivity contribution is 7.77. The molecule has 8 heteroatoms. The predicted molar refractivity (Wildman–Crippen MR) is 79.4 cm³/mol. The van der Waals surface area contributed by atoms with Crippen molar-refractivity contribution in [2.75, 3.05) is 0 Å². The molecule has 0 bridgehead atoms. The number of aliphatic carboxylic acids is 2. The van der Waals surface area contributed by atoms with E-state index in [-0.39, 0.29) is 5.56 Å². The van der Waals surface area contributed by atoms with Gasteiger partial charge in [-0.2, -0.15) is 4.72 Å². The molecule has 2 unspecified atom stereocenters. The molecule has 116 valence electrons. The van der Waals surface area contributed by atoms with Gasteiger partial charge in [-0.1, -0.05) is 42.5 Å². The average Bonchev–Trinajstić information content (AvgIpc) is 2.44. The van der Waals surface area contributed by atoms with Gasteiger partial charge in [-0.25, -0.2) is 9.00 Å². The topological polar surface area (TPSA) is 124 Å². The Bertz CT molecular complexity index is 739. The fourth-order valence-corrected chi connectivity index (χ4v) is 2.96. The van der Waals surface area contributed by atoms with Crippen molar-refractivity contribution in [3.63, 3.8) is 0 Å². The van der Waals surface area contributed by atoms with Gasteiger partial charge < -0.3 is 10.2 Å². The van der Waals surface area contributed by atoms with Gasteiger partial charge in [0.2, 0.25) is 11.3 Å². The molecule has 0 aromatic heterocycles. The molecule has 0 fully saturated rings. The average molecular weight is 323 g/mol. The van der Waals surface area contributed by atoms with Crippen LogP contribution in [-0.4, -0.2) is 30.9 Å². The molecule has 0 aliphatic rings. The Kier molecular flexibility index (Phi) is 4.55. The van der Waals surface area contributed by atoms with Crippen LogP contribution in [0.3, 0.4) is 0 Å². The SMILES string of the molecule is O=C(O)CC(NS(=O)O)(C(=O)O)c1cccc2ccccc12. The Morgan fingerprint density at radius 2 is 1.73 bits per heavy atom. The number of carbonyl (C=O) groups is 2. The van der Waals surface area contributed by atoms with Gasteiger partial charge in [-0.05, 0) is 16.3 Å². The maximum Gasteiger partial charge on any atom is 0.330 e. The van der Waals surface area contributed by atoms with Gasteiger partial charge in [0.05, 0.1) is 6.42 Å². The van der Waals surface area contributed by atoms with E-state index in [4.69, 9.17) is 9.66 Å². The van der Waals surface area contributed by atoms with Gasteiger partial charge in [0.25, 0.3) is 0 Å². The molecule has 0 aliphatic heterocycles. The van der Waals surface area contributed by atoms with Gasteiger partial charge in [-0.3, -0.25) is 9.35 Å². The van der Waals surface area contributed by atoms with Crippen molar-refractivity contribution in [2.24, 2.45) is 0 Å². The van der Waals surface area contributed by atoms with Gasteiger partial charge in [0.1, 0.15) is 0 Å². The van der Waals surface area contributed by atoms with Crippen LogP contribution in [0.1, 0.15) is 12.0 Å². The molecule has 2 aromatic carbocycles. The number of carboxylic acids is 2. The first-order chi connectivity index (χ1) is 10.4. The van der Waals surface area contributed by atoms with Crippen molar-refractivity contribution < 1.29 is 28.6 Å². The van der Waals surface area contributed by atoms with Crippen LogP contribution < -0.4 is 4.72 Å². The van der Waals surface area contributed by atoms with Crippen LogP contribution in [0.4, 0.5) is 0 Å². The molecule has 2 atom stereocenters. The number of benzene rings is 2. The second-order valence-electron chi connectivity index (χ2n) is 4.66. The fourth-order valence-electron chi connectivity index (χ4n) is 2.39. The number of fused-ring (bicyclic) bond motifs is 1. The number of hydrogen-bond donors (Lipinski definition) is 4. The summed E-state index contributed by atoms with van der Waals surface area (Å²) in [5, 5.41) is 19.8. The monoisotopic (exact) mass is 323 g/mol. The van der Waals surface area contributed by atoms with E-state index >= 15 is 0 Å². The van der Waals surface area contributed by atoms with Crippen molar-refractivity contribution in [3.8, 4) is 0 Å². The van der Waals surface area contributed by atoms with E-state index in [0.29, 0.717) is 10.8 Å². The van der Waals surface area contributed by atoms with Crippen molar-refractivity contribution in [1.29, 1.82) is 0 Å². The van der Waals surface area contributed by atoms with E-state index in [1.54, 1.807) is 36.4 Å². The highest BCUT2D eigenvalue weighted by Crippen LogP contribution is 2.32. The summed E-state index contributed by atoms with van der Waals surface area (Å²) in [6.07, 6.45) is -0.886. The molecule has 0 amide bonds. The zero-order valence-corrected chi connectivity index (χ0v) is 12.0. The number of hydrogen-bond acceptors (Lipinski definition) is 3. The standard InChI is InChI=1S/C14H13NO6S/c16-12(17)8-14(13(18)19,15-22(20)21)11-7-3-5-9-4-1-2-6-10(9)11/h1-7,15H,8H2,(H,16,17)(H,18,19)(H,20,21). The van der Waals surface area contributed by atoms with Crippen LogP contribution in [-0.2, 0) is 26.4 Å². The van der Waals surface area contributed by atoms with Crippen molar-refractivity contribution in [2.45, 2.75) is 12.0 Å². The molecular weight excluding hydrogens is 310 g/mol. The second-order valence-corrected chi connectivity index (χ2v) is 5.36. The lowest BCUT2D eigenvalue weighted by Crippen LogP contribution is -2.51. The zero-order valence-electron chi connectivity index (χ0n) is 11.2. The van der Waals surface area contributed by atoms with E-state index in [1.807, 2.05) is 4.72 Å². The molecule has 0 radical (unpaired) electrons. The smallest absolute Gasteiger partial charge is 0.330 e. The summed E-state index contributed by atoms with van der Waals surface area (Å²) in [4.78, 5) is 22.9. The highest BCUT2D eigenvalue weighted by atomic mass is 32.2. The number of rotatable bonds is 6. The quantitative estimate of drug-likeness (QED) is 0.594. The fraction of sp³-hybridized carbons (Fsp3) is 0.143. The van der Waals surface area contributed by atoms with E-state index in [1.165, 1.54) is 6.07 Å². The van der Waals surface area contributed by atoms with Gasteiger partial charge in [0.15, 0.2) is 5.54 Å². The lowest BCUT2D eigenvalue weighted by atomic mass is 9.84. The van der Waals surface area contributed by atoms with Crippen LogP contribution in [0.5, 0.6) is 0 Å². The number of nitrogens with one attached hydrogen (secondary N) is 1. The summed E-state index contributed by atoms with van der Waals surface area (Å²) in [5.74, 6) is -2.96. The first kappa shape index (κ1) is 16.1. The van der Waals surface area contributed by atoms with Gasteiger partial charge in [0, 0.05) is 0 Å². The maximum atomic E-state index is 11.8. The van der Waals surface area contributed by atoms with Crippen LogP contribution >= 0.6 is 0 Å². The molecule has 0 saturated heterocycles. The van der Waals surface area contributed by atoms with Gasteiger partial charge >= 0.3 is 11.9 Å². The normalized spacial score (nSPS) is 15.1. The first-order valence-corrected chi connectivity index (χ1v) is 7.29. The number of carboxylic acid groups (broad SMARTS) is 2. The third-order valence-corrected chi connectivity index (χ3v) is 3.82. The first-order valence-electron chi connectivity index (χ1n) is 6.19. The Morgan fingerprint density at radius 3 is 2.32 bits per heavy atom. The molecule has 7 nitrogen and oxygen atoms in total. The molecule has 0 spiro atoms. The largest absolute Gasteiger partial charge is 0.481 e. The Morgan fingerprint density at radius 1 is 1.09 bits per heavy atom. The van der Waals surface area contributed by atoms with E-state index in [2.05, 4.69) is 0 Å². The summed E-state index contributed by atoms with van der Waals surface area (Å²) < 4.78 is 22.2. The lowest BCUT2D eigenvalue weighted by Gasteiger charge is -2.29. The molecule has 4 N–H and O–H groups in total. The predicted octanol–water partition coefficient (Wildman–Crippen LogP) is 1.32. The summed E-state index contributed by atoms with van der Waals surface area (Å²) in [6, 6.07) is 11.5. The summed E-state index contributed by atoms with van der Waals surface area (Å²) in [7, 11) is 0. The van der Waals surface area contributed by atoms with Crippen LogP contribution in [0.2, 0.25) is 0 Å². The Hall–Kier alpha value is -2.29. The summed E-state index contributed by atoms with van der Waals surface area (Å²) in [5.41, 5.74) is -2.10. The molecule has 2 rings (SSSR count). The zero-order chi connectivity index (χ0) is 16.3. The molecular formula is C14H13NO6S. The van der Waals surface area contributed by atoms with E-state index in [0.717, 1.165) is 0 Å². The minimum atomic E-state index is -2.71. The summed E-state index contributed by atoms with van der Waals surface area (Å²) in [6.45, 7) is 0. The lowest BCUT2D eigenvalue weighted by molar-refractivity contribution is -0.151. The van der Waals surface area contributed by atoms with E-state index < -0.39 is 35.2 Å². The third kappa shape index (κ3) is 2.98. The van der Waals surface area contributed by atoms with Crippen molar-refractivity contribution in [1.82, 2.24) is 4.72 Å². The Balaban J connectivity index is 2.77. The Labute approximate surface area is 128 Å². The molecule has 0 aliphatic carbocycles. The van der Waals surface area contributed by atoms with Crippen LogP contribution in [0, 0.1) is 0 Å². The third-order valence-electron chi connectivity index (χ3n) is 3.29. The van der Waals surface area contributed by atoms with E-state index in [9.17, 15) is 18.9 Å². The van der Waals surface area contributed by atoms with Crippen LogP contribution in [0.25, 0.3) is 10.8 Å². The van der Waals surface area contributed by atoms with Gasteiger partial charge in [-0.15, -0.1) is 0 Å². The van der Waals surface area contributed by atoms with Crippen LogP contribution in [0.15, 0.2) is 42.5 Å². The van der Waals surface area contributed by atoms with Crippen molar-refractivity contribution in [3.05, 3.63) is 48.0 Å². The van der Waals surface area contributed by atoms with Crippen molar-refractivity contribution >= 4 is 34.0 Å². The highest BCUT2D eigenvalue weighted by Gasteiger charge is 2.45. The maximum absolute atomic E-state index is 11.8. The minimum Gasteiger partial charge on any atom is -0.481 e. The molecule has 0 heterocycles. The molecule has 0 saturated carbocycles. The summed E-state index contributed by atoms with van der Waals surface area (Å²) >= 11 is -2.71. The minimum absolute atomic E-state index is 0.114. The second kappa shape index (κ2) is 6.22.